The molecular formula is C22H27N3O2. The molecule has 2 N–H and O–H groups in total. The molecule has 3 rings (SSSR count). The van der Waals surface area contributed by atoms with Gasteiger partial charge in [0.05, 0.1) is 6.04 Å². The Morgan fingerprint density at radius 1 is 1.15 bits per heavy atom. The Hall–Kier alpha value is -2.82. The van der Waals surface area contributed by atoms with Crippen LogP contribution in [0.25, 0.3) is 0 Å². The Bertz CT molecular complexity index is 791. The van der Waals surface area contributed by atoms with E-state index in [1.807, 2.05) is 54.6 Å². The molecule has 3 amide bonds. The van der Waals surface area contributed by atoms with Gasteiger partial charge in [0.2, 0.25) is 5.91 Å². The third kappa shape index (κ3) is 4.88. The summed E-state index contributed by atoms with van der Waals surface area (Å²) in [5, 5.41) is 5.90. The Morgan fingerprint density at radius 3 is 2.59 bits per heavy atom. The van der Waals surface area contributed by atoms with E-state index >= 15 is 0 Å². The molecule has 0 aliphatic carbocycles. The van der Waals surface area contributed by atoms with Crippen molar-refractivity contribution >= 4 is 17.6 Å². The van der Waals surface area contributed by atoms with Gasteiger partial charge in [0.1, 0.15) is 0 Å². The largest absolute Gasteiger partial charge is 0.336 e. The van der Waals surface area contributed by atoms with Crippen molar-refractivity contribution in [3.8, 4) is 0 Å². The van der Waals surface area contributed by atoms with Gasteiger partial charge in [0.25, 0.3) is 0 Å². The molecule has 1 heterocycles. The first kappa shape index (κ1) is 19.0. The van der Waals surface area contributed by atoms with Gasteiger partial charge in [-0.2, -0.15) is 0 Å². The summed E-state index contributed by atoms with van der Waals surface area (Å²) in [5.74, 6) is 0.445. The van der Waals surface area contributed by atoms with E-state index in [0.29, 0.717) is 25.4 Å². The minimum Gasteiger partial charge on any atom is -0.336 e. The summed E-state index contributed by atoms with van der Waals surface area (Å²) in [6, 6.07) is 17.3. The van der Waals surface area contributed by atoms with Crippen LogP contribution in [0.15, 0.2) is 54.6 Å². The van der Waals surface area contributed by atoms with Gasteiger partial charge in [-0.1, -0.05) is 62.4 Å². The normalized spacial score (nSPS) is 17.6. The lowest BCUT2D eigenvalue weighted by atomic mass is 9.97. The molecule has 0 aromatic heterocycles. The van der Waals surface area contributed by atoms with Crippen molar-refractivity contribution in [2.45, 2.75) is 45.2 Å². The van der Waals surface area contributed by atoms with Crippen LogP contribution in [0.5, 0.6) is 0 Å². The molecule has 5 nitrogen and oxygen atoms in total. The summed E-state index contributed by atoms with van der Waals surface area (Å²) in [4.78, 5) is 26.5. The van der Waals surface area contributed by atoms with Gasteiger partial charge in [0, 0.05) is 25.2 Å². The van der Waals surface area contributed by atoms with E-state index in [1.165, 1.54) is 0 Å². The molecule has 0 radical (unpaired) electrons. The van der Waals surface area contributed by atoms with Crippen LogP contribution in [0.1, 0.15) is 43.7 Å². The van der Waals surface area contributed by atoms with Crippen LogP contribution in [0.2, 0.25) is 0 Å². The lowest BCUT2D eigenvalue weighted by molar-refractivity contribution is -0.128. The molecule has 1 aliphatic rings. The first-order chi connectivity index (χ1) is 13.1. The zero-order chi connectivity index (χ0) is 19.2. The summed E-state index contributed by atoms with van der Waals surface area (Å²) in [6.45, 7) is 5.40. The molecule has 0 saturated carbocycles. The second-order valence-electron chi connectivity index (χ2n) is 7.16. The quantitative estimate of drug-likeness (QED) is 0.809. The molecule has 0 spiro atoms. The fourth-order valence-corrected chi connectivity index (χ4v) is 3.43. The Balaban J connectivity index is 1.57. The Labute approximate surface area is 160 Å². The molecule has 1 fully saturated rings. The number of hydrogen-bond donors (Lipinski definition) is 2. The number of carbonyl (C=O) groups is 2. The molecule has 1 saturated heterocycles. The lowest BCUT2D eigenvalue weighted by Crippen LogP contribution is -2.39. The molecule has 2 atom stereocenters. The van der Waals surface area contributed by atoms with Gasteiger partial charge in [-0.25, -0.2) is 4.79 Å². The second-order valence-corrected chi connectivity index (χ2v) is 7.16. The van der Waals surface area contributed by atoms with E-state index in [-0.39, 0.29) is 18.0 Å². The van der Waals surface area contributed by atoms with Crippen LogP contribution in [0.4, 0.5) is 10.5 Å². The number of benzene rings is 2. The van der Waals surface area contributed by atoms with Crippen molar-refractivity contribution in [2.24, 2.45) is 0 Å². The maximum absolute atomic E-state index is 12.5. The van der Waals surface area contributed by atoms with E-state index in [9.17, 15) is 9.59 Å². The number of hydrogen-bond acceptors (Lipinski definition) is 2. The maximum Gasteiger partial charge on any atom is 0.319 e. The zero-order valence-corrected chi connectivity index (χ0v) is 15.9. The molecule has 27 heavy (non-hydrogen) atoms. The van der Waals surface area contributed by atoms with Crippen molar-refractivity contribution in [1.29, 1.82) is 0 Å². The molecule has 0 bridgehead atoms. The number of nitrogens with zero attached hydrogens (tertiary/aromatic N) is 1. The van der Waals surface area contributed by atoms with Gasteiger partial charge >= 0.3 is 6.03 Å². The van der Waals surface area contributed by atoms with Crippen molar-refractivity contribution in [3.05, 3.63) is 65.7 Å². The number of rotatable bonds is 6. The monoisotopic (exact) mass is 365 g/mol. The highest BCUT2D eigenvalue weighted by molar-refractivity contribution is 5.91. The van der Waals surface area contributed by atoms with E-state index in [4.69, 9.17) is 0 Å². The standard InChI is InChI=1S/C22H27N3O2/c1-3-16(2)19-11-7-8-12-20(19)24-22(27)23-18-13-21(26)25(15-18)14-17-9-5-4-6-10-17/h4-12,16,18H,3,13-15H2,1-2H3,(H2,23,24,27). The van der Waals surface area contributed by atoms with Crippen molar-refractivity contribution in [1.82, 2.24) is 10.2 Å². The highest BCUT2D eigenvalue weighted by Crippen LogP contribution is 2.26. The molecule has 1 aliphatic heterocycles. The molecule has 2 unspecified atom stereocenters. The number of para-hydroxylation sites is 1. The van der Waals surface area contributed by atoms with Crippen molar-refractivity contribution in [2.75, 3.05) is 11.9 Å². The summed E-state index contributed by atoms with van der Waals surface area (Å²) in [5.41, 5.74) is 3.05. The van der Waals surface area contributed by atoms with Crippen LogP contribution in [-0.4, -0.2) is 29.4 Å². The summed E-state index contributed by atoms with van der Waals surface area (Å²) < 4.78 is 0. The molecule has 2 aromatic carbocycles. The van der Waals surface area contributed by atoms with Crippen LogP contribution in [-0.2, 0) is 11.3 Å². The highest BCUT2D eigenvalue weighted by Gasteiger charge is 2.30. The molecule has 142 valence electrons. The third-order valence-electron chi connectivity index (χ3n) is 5.12. The summed E-state index contributed by atoms with van der Waals surface area (Å²) in [7, 11) is 0. The van der Waals surface area contributed by atoms with Crippen LogP contribution >= 0.6 is 0 Å². The smallest absolute Gasteiger partial charge is 0.319 e. The average molecular weight is 365 g/mol. The van der Waals surface area contributed by atoms with E-state index in [1.54, 1.807) is 4.90 Å². The summed E-state index contributed by atoms with van der Waals surface area (Å²) in [6.07, 6.45) is 1.35. The zero-order valence-electron chi connectivity index (χ0n) is 15.9. The number of nitrogens with one attached hydrogen (secondary N) is 2. The number of urea groups is 1. The van der Waals surface area contributed by atoms with Gasteiger partial charge in [-0.05, 0) is 29.5 Å². The fourth-order valence-electron chi connectivity index (χ4n) is 3.43. The molecule has 5 heteroatoms. The third-order valence-corrected chi connectivity index (χ3v) is 5.12. The van der Waals surface area contributed by atoms with Crippen molar-refractivity contribution in [3.63, 3.8) is 0 Å². The number of anilines is 1. The van der Waals surface area contributed by atoms with Gasteiger partial charge in [0.15, 0.2) is 0 Å². The van der Waals surface area contributed by atoms with Gasteiger partial charge in [-0.3, -0.25) is 4.79 Å². The second kappa shape index (κ2) is 8.71. The minimum atomic E-state index is -0.259. The number of likely N-dealkylation sites (tertiary alicyclic amines) is 1. The van der Waals surface area contributed by atoms with Crippen LogP contribution in [0.3, 0.4) is 0 Å². The Morgan fingerprint density at radius 2 is 1.85 bits per heavy atom. The average Bonchev–Trinajstić information content (AvgIpc) is 3.01. The Kier molecular flexibility index (Phi) is 6.12. The van der Waals surface area contributed by atoms with Crippen LogP contribution < -0.4 is 10.6 Å². The lowest BCUT2D eigenvalue weighted by Gasteiger charge is -2.19. The first-order valence-electron chi connectivity index (χ1n) is 9.55. The predicted octanol–water partition coefficient (Wildman–Crippen LogP) is 4.12. The maximum atomic E-state index is 12.5. The van der Waals surface area contributed by atoms with Gasteiger partial charge in [-0.15, -0.1) is 0 Å². The predicted molar refractivity (Wildman–Crippen MR) is 108 cm³/mol. The van der Waals surface area contributed by atoms with E-state index in [2.05, 4.69) is 24.5 Å². The molecular weight excluding hydrogens is 338 g/mol. The fraction of sp³-hybridized carbons (Fsp3) is 0.364. The number of amides is 3. The minimum absolute atomic E-state index is 0.0733. The SMILES string of the molecule is CCC(C)c1ccccc1NC(=O)NC1CC(=O)N(Cc2ccccc2)C1. The van der Waals surface area contributed by atoms with Crippen LogP contribution in [0, 0.1) is 0 Å². The topological polar surface area (TPSA) is 61.4 Å². The number of carbonyl (C=O) groups excluding carboxylic acids is 2. The van der Waals surface area contributed by atoms with Gasteiger partial charge < -0.3 is 15.5 Å². The molecule has 2 aromatic rings. The van der Waals surface area contributed by atoms with E-state index < -0.39 is 0 Å². The van der Waals surface area contributed by atoms with Crippen molar-refractivity contribution < 1.29 is 9.59 Å². The van der Waals surface area contributed by atoms with E-state index in [0.717, 1.165) is 23.2 Å². The summed E-state index contributed by atoms with van der Waals surface area (Å²) >= 11 is 0. The highest BCUT2D eigenvalue weighted by atomic mass is 16.2. The first-order valence-corrected chi connectivity index (χ1v) is 9.55.